The lowest BCUT2D eigenvalue weighted by Gasteiger charge is -2.12. The van der Waals surface area contributed by atoms with Crippen LogP contribution in [0.15, 0.2) is 22.6 Å². The smallest absolute Gasteiger partial charge is 0.394 e. The number of benzene rings is 1. The molecule has 1 N–H and O–H groups in total. The van der Waals surface area contributed by atoms with Gasteiger partial charge in [0, 0.05) is 5.41 Å². The van der Waals surface area contributed by atoms with Gasteiger partial charge in [-0.25, -0.2) is 0 Å². The number of hydrogen-bond donors (Lipinski definition) is 1. The van der Waals surface area contributed by atoms with Crippen LogP contribution in [-0.4, -0.2) is 23.2 Å². The maximum absolute atomic E-state index is 11.0. The van der Waals surface area contributed by atoms with Crippen LogP contribution in [0, 0.1) is 0 Å². The summed E-state index contributed by atoms with van der Waals surface area (Å²) in [4.78, 5) is 15.2. The normalized spacial score (nSPS) is 16.7. The van der Waals surface area contributed by atoms with Gasteiger partial charge >= 0.3 is 12.0 Å². The van der Waals surface area contributed by atoms with Crippen LogP contribution in [-0.2, 0) is 10.2 Å². The standard InChI is InChI=1S/C13H13NO4/c1-17-12-14-11-8(3-2-4-9(11)18-12)13(5-6-13)7-10(15)16/h2-4H,5-7H2,1H3,(H,15,16). The first kappa shape index (κ1) is 11.1. The molecule has 1 aliphatic carbocycles. The van der Waals surface area contributed by atoms with Gasteiger partial charge < -0.3 is 14.3 Å². The van der Waals surface area contributed by atoms with Gasteiger partial charge in [0.15, 0.2) is 5.58 Å². The summed E-state index contributed by atoms with van der Waals surface area (Å²) in [5.41, 5.74) is 2.04. The molecule has 1 aromatic heterocycles. The number of rotatable bonds is 4. The third-order valence-corrected chi connectivity index (χ3v) is 3.49. The van der Waals surface area contributed by atoms with E-state index in [4.69, 9.17) is 14.3 Å². The molecule has 0 atom stereocenters. The number of methoxy groups -OCH3 is 1. The number of oxazole rings is 1. The summed E-state index contributed by atoms with van der Waals surface area (Å²) >= 11 is 0. The number of nitrogens with zero attached hydrogens (tertiary/aromatic N) is 1. The average Bonchev–Trinajstić information content (AvgIpc) is 2.97. The first-order valence-corrected chi connectivity index (χ1v) is 5.80. The molecule has 0 spiro atoms. The molecule has 3 rings (SSSR count). The van der Waals surface area contributed by atoms with Crippen LogP contribution in [0.3, 0.4) is 0 Å². The van der Waals surface area contributed by atoms with E-state index in [0.29, 0.717) is 11.1 Å². The molecule has 18 heavy (non-hydrogen) atoms. The maximum atomic E-state index is 11.0. The van der Waals surface area contributed by atoms with E-state index in [2.05, 4.69) is 4.98 Å². The van der Waals surface area contributed by atoms with Crippen molar-refractivity contribution in [3.8, 4) is 6.08 Å². The van der Waals surface area contributed by atoms with Gasteiger partial charge in [-0.3, -0.25) is 4.79 Å². The summed E-state index contributed by atoms with van der Waals surface area (Å²) in [6.07, 6.45) is 2.12. The average molecular weight is 247 g/mol. The Kier molecular flexibility index (Phi) is 2.29. The second-order valence-corrected chi connectivity index (χ2v) is 4.69. The molecule has 1 heterocycles. The Morgan fingerprint density at radius 1 is 1.56 bits per heavy atom. The lowest BCUT2D eigenvalue weighted by Crippen LogP contribution is -2.13. The van der Waals surface area contributed by atoms with Crippen LogP contribution in [0.2, 0.25) is 0 Å². The molecule has 1 aliphatic rings. The zero-order chi connectivity index (χ0) is 12.8. The fourth-order valence-corrected chi connectivity index (χ4v) is 2.43. The van der Waals surface area contributed by atoms with Crippen LogP contribution < -0.4 is 4.74 Å². The molecule has 0 radical (unpaired) electrons. The largest absolute Gasteiger partial charge is 0.481 e. The minimum atomic E-state index is -0.778. The summed E-state index contributed by atoms with van der Waals surface area (Å²) in [6, 6.07) is 5.61. The van der Waals surface area contributed by atoms with Crippen molar-refractivity contribution in [1.82, 2.24) is 4.98 Å². The Labute approximate surface area is 103 Å². The van der Waals surface area contributed by atoms with E-state index < -0.39 is 5.97 Å². The van der Waals surface area contributed by atoms with Crippen molar-refractivity contribution in [2.45, 2.75) is 24.7 Å². The van der Waals surface area contributed by atoms with E-state index in [9.17, 15) is 4.79 Å². The highest BCUT2D eigenvalue weighted by molar-refractivity contribution is 5.81. The second-order valence-electron chi connectivity index (χ2n) is 4.69. The highest BCUT2D eigenvalue weighted by atomic mass is 16.6. The monoisotopic (exact) mass is 247 g/mol. The van der Waals surface area contributed by atoms with Gasteiger partial charge in [-0.2, -0.15) is 4.98 Å². The van der Waals surface area contributed by atoms with Crippen LogP contribution >= 0.6 is 0 Å². The minimum Gasteiger partial charge on any atom is -0.481 e. The lowest BCUT2D eigenvalue weighted by atomic mass is 9.91. The van der Waals surface area contributed by atoms with E-state index >= 15 is 0 Å². The number of carboxylic acids is 1. The van der Waals surface area contributed by atoms with Gasteiger partial charge in [0.2, 0.25) is 0 Å². The zero-order valence-electron chi connectivity index (χ0n) is 9.97. The number of carbonyl (C=O) groups is 1. The second kappa shape index (κ2) is 3.73. The van der Waals surface area contributed by atoms with Crippen LogP contribution in [0.5, 0.6) is 6.08 Å². The summed E-state index contributed by atoms with van der Waals surface area (Å²) in [7, 11) is 1.49. The van der Waals surface area contributed by atoms with Crippen molar-refractivity contribution >= 4 is 17.1 Å². The van der Waals surface area contributed by atoms with Crippen LogP contribution in [0.4, 0.5) is 0 Å². The number of fused-ring (bicyclic) bond motifs is 1. The quantitative estimate of drug-likeness (QED) is 0.897. The Balaban J connectivity index is 2.11. The van der Waals surface area contributed by atoms with E-state index in [1.807, 2.05) is 18.2 Å². The predicted molar refractivity (Wildman–Crippen MR) is 63.7 cm³/mol. The molecule has 0 amide bonds. The van der Waals surface area contributed by atoms with E-state index in [0.717, 1.165) is 18.4 Å². The van der Waals surface area contributed by atoms with E-state index in [1.165, 1.54) is 7.11 Å². The third kappa shape index (κ3) is 1.63. The third-order valence-electron chi connectivity index (χ3n) is 3.49. The number of aliphatic carboxylic acids is 1. The fourth-order valence-electron chi connectivity index (χ4n) is 2.43. The Bertz CT molecular complexity index is 612. The molecule has 0 bridgehead atoms. The molecule has 0 unspecified atom stereocenters. The summed E-state index contributed by atoms with van der Waals surface area (Å²) in [5, 5.41) is 9.01. The van der Waals surface area contributed by atoms with Gasteiger partial charge in [-0.05, 0) is 24.5 Å². The van der Waals surface area contributed by atoms with Crippen LogP contribution in [0.1, 0.15) is 24.8 Å². The summed E-state index contributed by atoms with van der Waals surface area (Å²) in [5.74, 6) is -0.778. The van der Waals surface area contributed by atoms with Crippen molar-refractivity contribution in [2.75, 3.05) is 7.11 Å². The first-order chi connectivity index (χ1) is 8.64. The van der Waals surface area contributed by atoms with E-state index in [1.54, 1.807) is 0 Å². The molecular weight excluding hydrogens is 234 g/mol. The van der Waals surface area contributed by atoms with Crippen molar-refractivity contribution < 1.29 is 19.1 Å². The molecule has 5 nitrogen and oxygen atoms in total. The highest BCUT2D eigenvalue weighted by Gasteiger charge is 2.47. The molecular formula is C13H13NO4. The maximum Gasteiger partial charge on any atom is 0.394 e. The van der Waals surface area contributed by atoms with Gasteiger partial charge in [0.05, 0.1) is 13.5 Å². The van der Waals surface area contributed by atoms with Gasteiger partial charge in [-0.15, -0.1) is 0 Å². The van der Waals surface area contributed by atoms with Crippen LogP contribution in [0.25, 0.3) is 11.1 Å². The molecule has 2 aromatic rings. The number of aromatic nitrogens is 1. The van der Waals surface area contributed by atoms with Gasteiger partial charge in [-0.1, -0.05) is 12.1 Å². The van der Waals surface area contributed by atoms with Gasteiger partial charge in [0.25, 0.3) is 0 Å². The first-order valence-electron chi connectivity index (χ1n) is 5.80. The predicted octanol–water partition coefficient (Wildman–Crippen LogP) is 2.34. The summed E-state index contributed by atoms with van der Waals surface area (Å²) in [6.45, 7) is 0. The van der Waals surface area contributed by atoms with Crippen molar-refractivity contribution in [2.24, 2.45) is 0 Å². The van der Waals surface area contributed by atoms with E-state index in [-0.39, 0.29) is 17.9 Å². The number of ether oxygens (including phenoxy) is 1. The molecule has 5 heteroatoms. The van der Waals surface area contributed by atoms with Gasteiger partial charge in [0.1, 0.15) is 5.52 Å². The Morgan fingerprint density at radius 3 is 2.94 bits per heavy atom. The topological polar surface area (TPSA) is 72.6 Å². The number of hydrogen-bond acceptors (Lipinski definition) is 4. The van der Waals surface area contributed by atoms with Crippen molar-refractivity contribution in [1.29, 1.82) is 0 Å². The molecule has 1 fully saturated rings. The van der Waals surface area contributed by atoms with Crippen molar-refractivity contribution in [3.05, 3.63) is 23.8 Å². The molecule has 94 valence electrons. The SMILES string of the molecule is COc1nc2c(C3(CC(=O)O)CC3)cccc2o1. The minimum absolute atomic E-state index is 0.140. The molecule has 1 saturated carbocycles. The lowest BCUT2D eigenvalue weighted by molar-refractivity contribution is -0.137. The highest BCUT2D eigenvalue weighted by Crippen LogP contribution is 2.52. The molecule has 1 aromatic carbocycles. The number of para-hydroxylation sites is 1. The Hall–Kier alpha value is -2.04. The molecule has 0 saturated heterocycles. The van der Waals surface area contributed by atoms with Crippen molar-refractivity contribution in [3.63, 3.8) is 0 Å². The summed E-state index contributed by atoms with van der Waals surface area (Å²) < 4.78 is 10.4. The number of carboxylic acid groups (broad SMARTS) is 1. The Morgan fingerprint density at radius 2 is 2.33 bits per heavy atom. The zero-order valence-corrected chi connectivity index (χ0v) is 9.97. The fraction of sp³-hybridized carbons (Fsp3) is 0.385. The molecule has 0 aliphatic heterocycles.